The predicted octanol–water partition coefficient (Wildman–Crippen LogP) is 3.24. The average molecular weight is 338 g/mol. The molecule has 1 atom stereocenters. The number of hydrogen-bond donors (Lipinski definition) is 0. The maximum absolute atomic E-state index is 6.10. The second kappa shape index (κ2) is 7.48. The van der Waals surface area contributed by atoms with Gasteiger partial charge in [0, 0.05) is 30.7 Å². The van der Waals surface area contributed by atoms with E-state index in [0.29, 0.717) is 6.61 Å². The van der Waals surface area contributed by atoms with Crippen LogP contribution in [0.3, 0.4) is 0 Å². The molecule has 0 N–H and O–H groups in total. The van der Waals surface area contributed by atoms with Crippen LogP contribution in [0.5, 0.6) is 0 Å². The van der Waals surface area contributed by atoms with Crippen molar-refractivity contribution in [2.45, 2.75) is 58.2 Å². The molecule has 2 aromatic rings. The fourth-order valence-corrected chi connectivity index (χ4v) is 3.85. The second-order valence-corrected chi connectivity index (χ2v) is 7.08. The lowest BCUT2D eigenvalue weighted by atomic mass is 9.95. The molecule has 25 heavy (non-hydrogen) atoms. The molecule has 0 amide bonds. The highest BCUT2D eigenvalue weighted by atomic mass is 16.5. The molecule has 3 heterocycles. The third kappa shape index (κ3) is 3.82. The van der Waals surface area contributed by atoms with Crippen molar-refractivity contribution in [1.82, 2.24) is 15.0 Å². The minimum Gasteiger partial charge on any atom is -0.370 e. The lowest BCUT2D eigenvalue weighted by Gasteiger charge is -2.33. The summed E-state index contributed by atoms with van der Waals surface area (Å²) < 4.78 is 6.10. The highest BCUT2D eigenvalue weighted by Gasteiger charge is 2.24. The van der Waals surface area contributed by atoms with Gasteiger partial charge in [-0.3, -0.25) is 4.98 Å². The second-order valence-electron chi connectivity index (χ2n) is 7.08. The Kier molecular flexibility index (Phi) is 4.92. The molecule has 1 aliphatic carbocycles. The van der Waals surface area contributed by atoms with Crippen LogP contribution in [0.1, 0.15) is 48.3 Å². The minimum absolute atomic E-state index is 0.218. The van der Waals surface area contributed by atoms with Gasteiger partial charge in [0.2, 0.25) is 5.95 Å². The zero-order chi connectivity index (χ0) is 17.1. The third-order valence-electron chi connectivity index (χ3n) is 5.23. The van der Waals surface area contributed by atoms with Crippen LogP contribution in [0, 0.1) is 6.92 Å². The summed E-state index contributed by atoms with van der Waals surface area (Å²) >= 11 is 0. The first-order valence-electron chi connectivity index (χ1n) is 9.42. The van der Waals surface area contributed by atoms with Gasteiger partial charge in [-0.25, -0.2) is 9.97 Å². The number of fused-ring (bicyclic) bond motifs is 1. The minimum atomic E-state index is 0.218. The van der Waals surface area contributed by atoms with E-state index in [9.17, 15) is 0 Å². The van der Waals surface area contributed by atoms with Crippen molar-refractivity contribution in [3.05, 3.63) is 47.0 Å². The molecular weight excluding hydrogens is 312 g/mol. The highest BCUT2D eigenvalue weighted by Crippen LogP contribution is 2.26. The molecule has 132 valence electrons. The van der Waals surface area contributed by atoms with Gasteiger partial charge >= 0.3 is 0 Å². The van der Waals surface area contributed by atoms with E-state index >= 15 is 0 Å². The van der Waals surface area contributed by atoms with E-state index in [-0.39, 0.29) is 6.10 Å². The molecule has 1 unspecified atom stereocenters. The normalized spacial score (nSPS) is 20.4. The SMILES string of the molecule is Cc1nc(N2CCCC(OCc3ccccn3)C2)nc2c1CCCC2. The Balaban J connectivity index is 1.43. The van der Waals surface area contributed by atoms with Gasteiger partial charge in [0.25, 0.3) is 0 Å². The van der Waals surface area contributed by atoms with E-state index in [1.54, 1.807) is 0 Å². The van der Waals surface area contributed by atoms with Crippen molar-refractivity contribution in [2.75, 3.05) is 18.0 Å². The molecule has 1 aliphatic heterocycles. The first-order chi connectivity index (χ1) is 12.3. The van der Waals surface area contributed by atoms with Crippen LogP contribution < -0.4 is 4.90 Å². The molecule has 5 heteroatoms. The van der Waals surface area contributed by atoms with Crippen molar-refractivity contribution in [3.63, 3.8) is 0 Å². The number of aromatic nitrogens is 3. The van der Waals surface area contributed by atoms with E-state index in [1.165, 1.54) is 24.1 Å². The van der Waals surface area contributed by atoms with Crippen molar-refractivity contribution in [3.8, 4) is 0 Å². The zero-order valence-corrected chi connectivity index (χ0v) is 14.9. The van der Waals surface area contributed by atoms with Crippen molar-refractivity contribution < 1.29 is 4.74 Å². The first kappa shape index (κ1) is 16.5. The van der Waals surface area contributed by atoms with Crippen LogP contribution in [-0.2, 0) is 24.2 Å². The number of anilines is 1. The molecule has 2 aliphatic rings. The predicted molar refractivity (Wildman–Crippen MR) is 97.7 cm³/mol. The molecule has 0 spiro atoms. The van der Waals surface area contributed by atoms with Crippen LogP contribution >= 0.6 is 0 Å². The van der Waals surface area contributed by atoms with Gasteiger partial charge in [-0.1, -0.05) is 6.07 Å². The molecule has 0 radical (unpaired) electrons. The highest BCUT2D eigenvalue weighted by molar-refractivity contribution is 5.38. The molecule has 0 aromatic carbocycles. The Morgan fingerprint density at radius 3 is 2.96 bits per heavy atom. The Labute approximate surface area is 149 Å². The maximum atomic E-state index is 6.10. The van der Waals surface area contributed by atoms with Gasteiger partial charge in [-0.15, -0.1) is 0 Å². The first-order valence-corrected chi connectivity index (χ1v) is 9.42. The number of nitrogens with zero attached hydrogens (tertiary/aromatic N) is 4. The molecule has 2 aromatic heterocycles. The zero-order valence-electron chi connectivity index (χ0n) is 14.9. The summed E-state index contributed by atoms with van der Waals surface area (Å²) in [5.74, 6) is 0.893. The summed E-state index contributed by atoms with van der Waals surface area (Å²) in [5.41, 5.74) is 4.80. The monoisotopic (exact) mass is 338 g/mol. The quantitative estimate of drug-likeness (QED) is 0.856. The van der Waals surface area contributed by atoms with Crippen LogP contribution in [0.25, 0.3) is 0 Å². The lowest BCUT2D eigenvalue weighted by molar-refractivity contribution is 0.0295. The lowest BCUT2D eigenvalue weighted by Crippen LogP contribution is -2.41. The van der Waals surface area contributed by atoms with E-state index in [1.807, 2.05) is 24.4 Å². The van der Waals surface area contributed by atoms with E-state index in [2.05, 4.69) is 16.8 Å². The van der Waals surface area contributed by atoms with E-state index in [0.717, 1.165) is 56.1 Å². The Bertz CT molecular complexity index is 719. The molecule has 1 saturated heterocycles. The van der Waals surface area contributed by atoms with Crippen molar-refractivity contribution >= 4 is 5.95 Å². The number of pyridine rings is 1. The number of aryl methyl sites for hydroxylation is 2. The number of hydrogen-bond acceptors (Lipinski definition) is 5. The van der Waals surface area contributed by atoms with Crippen LogP contribution in [0.4, 0.5) is 5.95 Å². The molecule has 1 fully saturated rings. The fourth-order valence-electron chi connectivity index (χ4n) is 3.85. The molecule has 0 saturated carbocycles. The number of rotatable bonds is 4. The van der Waals surface area contributed by atoms with E-state index < -0.39 is 0 Å². The Morgan fingerprint density at radius 2 is 2.08 bits per heavy atom. The Hall–Kier alpha value is -2.01. The van der Waals surface area contributed by atoms with Gasteiger partial charge < -0.3 is 9.64 Å². The fraction of sp³-hybridized carbons (Fsp3) is 0.550. The number of piperidine rings is 1. The molecular formula is C20H26N4O. The summed E-state index contributed by atoms with van der Waals surface area (Å²) in [5, 5.41) is 0. The van der Waals surface area contributed by atoms with Gasteiger partial charge in [0.15, 0.2) is 0 Å². The summed E-state index contributed by atoms with van der Waals surface area (Å²) in [6.07, 6.45) is 8.99. The average Bonchev–Trinajstić information content (AvgIpc) is 2.67. The maximum Gasteiger partial charge on any atom is 0.225 e. The van der Waals surface area contributed by atoms with Gasteiger partial charge in [-0.2, -0.15) is 0 Å². The summed E-state index contributed by atoms with van der Waals surface area (Å²) in [4.78, 5) is 16.3. The largest absolute Gasteiger partial charge is 0.370 e. The van der Waals surface area contributed by atoms with Crippen LogP contribution in [0.2, 0.25) is 0 Å². The topological polar surface area (TPSA) is 51.1 Å². The molecule has 0 bridgehead atoms. The van der Waals surface area contributed by atoms with E-state index in [4.69, 9.17) is 14.7 Å². The third-order valence-corrected chi connectivity index (χ3v) is 5.23. The Morgan fingerprint density at radius 1 is 1.16 bits per heavy atom. The van der Waals surface area contributed by atoms with Crippen molar-refractivity contribution in [2.24, 2.45) is 0 Å². The molecule has 5 nitrogen and oxygen atoms in total. The summed E-state index contributed by atoms with van der Waals surface area (Å²) in [6.45, 7) is 4.59. The number of ether oxygens (including phenoxy) is 1. The van der Waals surface area contributed by atoms with Gasteiger partial charge in [0.1, 0.15) is 0 Å². The van der Waals surface area contributed by atoms with Crippen LogP contribution in [0.15, 0.2) is 24.4 Å². The summed E-state index contributed by atoms with van der Waals surface area (Å²) in [7, 11) is 0. The summed E-state index contributed by atoms with van der Waals surface area (Å²) in [6, 6.07) is 5.95. The smallest absolute Gasteiger partial charge is 0.225 e. The van der Waals surface area contributed by atoms with Gasteiger partial charge in [-0.05, 0) is 63.1 Å². The standard InChI is InChI=1S/C20H26N4O/c1-15-18-9-2-3-10-19(18)23-20(22-15)24-12-6-8-17(13-24)25-14-16-7-4-5-11-21-16/h4-5,7,11,17H,2-3,6,8-10,12-14H2,1H3. The van der Waals surface area contributed by atoms with Gasteiger partial charge in [0.05, 0.1) is 18.4 Å². The molecule has 4 rings (SSSR count). The van der Waals surface area contributed by atoms with Crippen molar-refractivity contribution in [1.29, 1.82) is 0 Å². The van der Waals surface area contributed by atoms with Crippen LogP contribution in [-0.4, -0.2) is 34.1 Å².